The van der Waals surface area contributed by atoms with Gasteiger partial charge in [-0.1, -0.05) is 22.0 Å². The Morgan fingerprint density at radius 3 is 2.52 bits per heavy atom. The molecule has 0 fully saturated rings. The number of halogens is 4. The number of rotatable bonds is 5. The zero-order valence-corrected chi connectivity index (χ0v) is 13.7. The highest BCUT2D eigenvalue weighted by Gasteiger charge is 2.13. The van der Waals surface area contributed by atoms with E-state index >= 15 is 0 Å². The van der Waals surface area contributed by atoms with E-state index in [-0.39, 0.29) is 5.75 Å². The van der Waals surface area contributed by atoms with E-state index in [0.29, 0.717) is 10.0 Å². The molecule has 23 heavy (non-hydrogen) atoms. The highest BCUT2D eigenvalue weighted by atomic mass is 79.9. The van der Waals surface area contributed by atoms with E-state index in [1.807, 2.05) is 0 Å². The van der Waals surface area contributed by atoms with Crippen LogP contribution in [0.4, 0.5) is 13.2 Å². The van der Waals surface area contributed by atoms with Gasteiger partial charge in [0.05, 0.1) is 6.04 Å². The number of amides is 1. The molecule has 0 saturated heterocycles. The third-order valence-corrected chi connectivity index (χ3v) is 3.57. The van der Waals surface area contributed by atoms with E-state index in [1.165, 1.54) is 18.2 Å². The number of carbonyl (C=O) groups is 1. The minimum atomic E-state index is -0.989. The monoisotopic (exact) mass is 387 g/mol. The Morgan fingerprint density at radius 1 is 1.13 bits per heavy atom. The molecule has 7 heteroatoms. The lowest BCUT2D eigenvalue weighted by atomic mass is 10.1. The summed E-state index contributed by atoms with van der Waals surface area (Å²) < 4.78 is 45.2. The van der Waals surface area contributed by atoms with Gasteiger partial charge in [0.15, 0.2) is 29.8 Å². The maximum absolute atomic E-state index is 13.5. The molecule has 0 aliphatic carbocycles. The molecule has 1 amide bonds. The predicted molar refractivity (Wildman–Crippen MR) is 82.5 cm³/mol. The van der Waals surface area contributed by atoms with Gasteiger partial charge >= 0.3 is 0 Å². The number of hydrogen-bond acceptors (Lipinski definition) is 2. The highest BCUT2D eigenvalue weighted by Crippen LogP contribution is 2.21. The maximum atomic E-state index is 13.5. The fourth-order valence-electron chi connectivity index (χ4n) is 1.88. The molecule has 0 bridgehead atoms. The van der Waals surface area contributed by atoms with Crippen molar-refractivity contribution in [3.8, 4) is 5.75 Å². The van der Waals surface area contributed by atoms with E-state index in [0.717, 1.165) is 12.1 Å². The Labute approximate surface area is 139 Å². The van der Waals surface area contributed by atoms with E-state index in [1.54, 1.807) is 13.0 Å². The molecule has 0 aliphatic rings. The lowest BCUT2D eigenvalue weighted by molar-refractivity contribution is -0.123. The lowest BCUT2D eigenvalue weighted by Gasteiger charge is -2.15. The summed E-state index contributed by atoms with van der Waals surface area (Å²) in [6.07, 6.45) is 0. The molecule has 1 N–H and O–H groups in total. The van der Waals surface area contributed by atoms with Crippen LogP contribution in [0.15, 0.2) is 40.9 Å². The quantitative estimate of drug-likeness (QED) is 0.837. The number of hydrogen-bond donors (Lipinski definition) is 1. The number of nitrogens with one attached hydrogen (secondary N) is 1. The van der Waals surface area contributed by atoms with E-state index < -0.39 is 36.0 Å². The summed E-state index contributed by atoms with van der Waals surface area (Å²) in [4.78, 5) is 11.8. The van der Waals surface area contributed by atoms with Gasteiger partial charge in [-0.2, -0.15) is 0 Å². The van der Waals surface area contributed by atoms with Crippen molar-refractivity contribution in [2.75, 3.05) is 6.61 Å². The van der Waals surface area contributed by atoms with E-state index in [2.05, 4.69) is 21.2 Å². The molecule has 0 heterocycles. The fourth-order valence-corrected chi connectivity index (χ4v) is 2.22. The van der Waals surface area contributed by atoms with Gasteiger partial charge in [-0.25, -0.2) is 13.2 Å². The number of benzene rings is 2. The molecule has 0 saturated carbocycles. The van der Waals surface area contributed by atoms with Crippen molar-refractivity contribution in [3.63, 3.8) is 0 Å². The summed E-state index contributed by atoms with van der Waals surface area (Å²) in [5, 5.41) is 2.56. The molecule has 0 radical (unpaired) electrons. The van der Waals surface area contributed by atoms with Crippen molar-refractivity contribution in [3.05, 3.63) is 63.9 Å². The first-order valence-corrected chi connectivity index (χ1v) is 7.48. The van der Waals surface area contributed by atoms with Crippen LogP contribution in [0.25, 0.3) is 0 Å². The van der Waals surface area contributed by atoms with Crippen LogP contribution in [-0.2, 0) is 4.79 Å². The first-order chi connectivity index (χ1) is 10.9. The Morgan fingerprint density at radius 2 is 1.87 bits per heavy atom. The van der Waals surface area contributed by atoms with Gasteiger partial charge in [0.1, 0.15) is 0 Å². The molecular weight excluding hydrogens is 375 g/mol. The molecule has 122 valence electrons. The zero-order valence-electron chi connectivity index (χ0n) is 12.1. The molecule has 0 aliphatic heterocycles. The fraction of sp³-hybridized carbons (Fsp3) is 0.188. The second-order valence-corrected chi connectivity index (χ2v) is 5.74. The standard InChI is InChI=1S/C16H13BrF3NO2/c1-9(10-2-4-12(18)13(19)6-10)21-16(22)8-23-15-5-3-11(17)7-14(15)20/h2-7,9H,8H2,1H3,(H,21,22). The van der Waals surface area contributed by atoms with Crippen LogP contribution in [0, 0.1) is 17.5 Å². The Kier molecular flexibility index (Phi) is 5.65. The van der Waals surface area contributed by atoms with Crippen molar-refractivity contribution in [2.45, 2.75) is 13.0 Å². The SMILES string of the molecule is CC(NC(=O)COc1ccc(Br)cc1F)c1ccc(F)c(F)c1. The van der Waals surface area contributed by atoms with Crippen molar-refractivity contribution in [1.82, 2.24) is 5.32 Å². The van der Waals surface area contributed by atoms with Crippen molar-refractivity contribution in [1.29, 1.82) is 0 Å². The van der Waals surface area contributed by atoms with Crippen molar-refractivity contribution in [2.24, 2.45) is 0 Å². The number of ether oxygens (including phenoxy) is 1. The molecule has 2 aromatic rings. The van der Waals surface area contributed by atoms with Crippen LogP contribution < -0.4 is 10.1 Å². The zero-order chi connectivity index (χ0) is 17.0. The van der Waals surface area contributed by atoms with Gasteiger partial charge < -0.3 is 10.1 Å². The average Bonchev–Trinajstić information content (AvgIpc) is 2.49. The summed E-state index contributed by atoms with van der Waals surface area (Å²) in [7, 11) is 0. The molecule has 2 aromatic carbocycles. The third-order valence-electron chi connectivity index (χ3n) is 3.07. The summed E-state index contributed by atoms with van der Waals surface area (Å²) in [6.45, 7) is 1.22. The van der Waals surface area contributed by atoms with E-state index in [4.69, 9.17) is 4.74 Å². The van der Waals surface area contributed by atoms with Crippen molar-refractivity contribution >= 4 is 21.8 Å². The molecule has 3 nitrogen and oxygen atoms in total. The van der Waals surface area contributed by atoms with Gasteiger partial charge in [0, 0.05) is 4.47 Å². The topological polar surface area (TPSA) is 38.3 Å². The maximum Gasteiger partial charge on any atom is 0.258 e. The van der Waals surface area contributed by atoms with Crippen LogP contribution >= 0.6 is 15.9 Å². The van der Waals surface area contributed by atoms with Gasteiger partial charge in [0.2, 0.25) is 0 Å². The smallest absolute Gasteiger partial charge is 0.258 e. The molecule has 1 unspecified atom stereocenters. The van der Waals surface area contributed by atoms with Gasteiger partial charge in [-0.3, -0.25) is 4.79 Å². The summed E-state index contributed by atoms with van der Waals surface area (Å²) >= 11 is 3.11. The van der Waals surface area contributed by atoms with Crippen LogP contribution in [0.2, 0.25) is 0 Å². The Bertz CT molecular complexity index is 724. The average molecular weight is 388 g/mol. The second-order valence-electron chi connectivity index (χ2n) is 4.83. The predicted octanol–water partition coefficient (Wildman–Crippen LogP) is 4.12. The molecule has 1 atom stereocenters. The number of carbonyl (C=O) groups excluding carboxylic acids is 1. The highest BCUT2D eigenvalue weighted by molar-refractivity contribution is 9.10. The van der Waals surface area contributed by atoms with Gasteiger partial charge in [-0.15, -0.1) is 0 Å². The normalized spacial score (nSPS) is 11.9. The molecule has 0 spiro atoms. The Balaban J connectivity index is 1.92. The summed E-state index contributed by atoms with van der Waals surface area (Å²) in [5.74, 6) is -3.10. The van der Waals surface area contributed by atoms with Crippen LogP contribution in [-0.4, -0.2) is 12.5 Å². The summed E-state index contributed by atoms with van der Waals surface area (Å²) in [6, 6.07) is 7.02. The van der Waals surface area contributed by atoms with E-state index in [9.17, 15) is 18.0 Å². The van der Waals surface area contributed by atoms with Crippen molar-refractivity contribution < 1.29 is 22.7 Å². The molecule has 0 aromatic heterocycles. The molecule has 2 rings (SSSR count). The summed E-state index contributed by atoms with van der Waals surface area (Å²) in [5.41, 5.74) is 0.409. The van der Waals surface area contributed by atoms with Gasteiger partial charge in [0.25, 0.3) is 5.91 Å². The van der Waals surface area contributed by atoms with Crippen LogP contribution in [0.3, 0.4) is 0 Å². The Hall–Kier alpha value is -2.02. The minimum Gasteiger partial charge on any atom is -0.481 e. The first-order valence-electron chi connectivity index (χ1n) is 6.69. The largest absolute Gasteiger partial charge is 0.481 e. The minimum absolute atomic E-state index is 0.0520. The van der Waals surface area contributed by atoms with Crippen LogP contribution in [0.5, 0.6) is 5.75 Å². The van der Waals surface area contributed by atoms with Gasteiger partial charge in [-0.05, 0) is 42.8 Å². The van der Waals surface area contributed by atoms with Crippen LogP contribution in [0.1, 0.15) is 18.5 Å². The second kappa shape index (κ2) is 7.50. The molecular formula is C16H13BrF3NO2. The lowest BCUT2D eigenvalue weighted by Crippen LogP contribution is -2.31. The third kappa shape index (κ3) is 4.72. The first kappa shape index (κ1) is 17.3.